The number of hydrogen-bond acceptors (Lipinski definition) is 6. The quantitative estimate of drug-likeness (QED) is 0.551. The second kappa shape index (κ2) is 7.74. The van der Waals surface area contributed by atoms with E-state index in [0.717, 1.165) is 0 Å². The maximum Gasteiger partial charge on any atom is 0.338 e. The van der Waals surface area contributed by atoms with Crippen LogP contribution >= 0.6 is 22.6 Å². The Morgan fingerprint density at radius 3 is 2.72 bits per heavy atom. The number of esters is 1. The number of ether oxygens (including phenoxy) is 3. The van der Waals surface area contributed by atoms with Crippen molar-refractivity contribution in [3.63, 3.8) is 0 Å². The first-order valence-electron chi connectivity index (χ1n) is 7.34. The predicted molar refractivity (Wildman–Crippen MR) is 95.7 cm³/mol. The topological polar surface area (TPSA) is 94.6 Å². The summed E-state index contributed by atoms with van der Waals surface area (Å²) in [5.74, 6) is -1.95. The molecule has 0 bridgehead atoms. The SMILES string of the molecule is CCOC(=O)C1=C(C)OC(N)=C(C#N)C1c1cc(F)c(OC)c(I)c1. The lowest BCUT2D eigenvalue weighted by Crippen LogP contribution is -2.25. The van der Waals surface area contributed by atoms with E-state index in [2.05, 4.69) is 0 Å². The smallest absolute Gasteiger partial charge is 0.338 e. The number of hydrogen-bond donors (Lipinski definition) is 1. The molecule has 1 aromatic carbocycles. The third kappa shape index (κ3) is 3.56. The first-order valence-corrected chi connectivity index (χ1v) is 8.41. The van der Waals surface area contributed by atoms with Crippen molar-refractivity contribution in [1.29, 1.82) is 5.26 Å². The molecule has 1 heterocycles. The zero-order chi connectivity index (χ0) is 18.7. The van der Waals surface area contributed by atoms with Gasteiger partial charge in [-0.25, -0.2) is 9.18 Å². The van der Waals surface area contributed by atoms with E-state index in [1.807, 2.05) is 28.7 Å². The second-order valence-electron chi connectivity index (χ2n) is 5.13. The summed E-state index contributed by atoms with van der Waals surface area (Å²) >= 11 is 1.92. The summed E-state index contributed by atoms with van der Waals surface area (Å²) in [6, 6.07) is 4.80. The van der Waals surface area contributed by atoms with E-state index >= 15 is 0 Å². The average Bonchev–Trinajstić information content (AvgIpc) is 2.53. The van der Waals surface area contributed by atoms with Crippen LogP contribution in [0.3, 0.4) is 0 Å². The minimum Gasteiger partial charge on any atom is -0.493 e. The van der Waals surface area contributed by atoms with Crippen molar-refractivity contribution >= 4 is 28.6 Å². The molecule has 1 aromatic rings. The molecule has 1 atom stereocenters. The van der Waals surface area contributed by atoms with Crippen LogP contribution in [0.1, 0.15) is 25.3 Å². The number of nitrogens with zero attached hydrogens (tertiary/aromatic N) is 1. The zero-order valence-corrected chi connectivity index (χ0v) is 16.0. The van der Waals surface area contributed by atoms with E-state index in [1.165, 1.54) is 13.2 Å². The Kier molecular flexibility index (Phi) is 5.89. The van der Waals surface area contributed by atoms with Crippen LogP contribution in [-0.4, -0.2) is 19.7 Å². The van der Waals surface area contributed by atoms with Gasteiger partial charge in [-0.15, -0.1) is 0 Å². The summed E-state index contributed by atoms with van der Waals surface area (Å²) in [5, 5.41) is 9.49. The van der Waals surface area contributed by atoms with Gasteiger partial charge in [-0.1, -0.05) is 0 Å². The van der Waals surface area contributed by atoms with Crippen molar-refractivity contribution in [2.24, 2.45) is 5.73 Å². The molecule has 8 heteroatoms. The summed E-state index contributed by atoms with van der Waals surface area (Å²) in [6.45, 7) is 3.36. The molecule has 6 nitrogen and oxygen atoms in total. The molecule has 0 radical (unpaired) electrons. The van der Waals surface area contributed by atoms with Crippen LogP contribution in [0.15, 0.2) is 34.9 Å². The number of nitriles is 1. The van der Waals surface area contributed by atoms with Gasteiger partial charge in [0, 0.05) is 0 Å². The van der Waals surface area contributed by atoms with Gasteiger partial charge in [0.15, 0.2) is 11.6 Å². The second-order valence-corrected chi connectivity index (χ2v) is 6.30. The van der Waals surface area contributed by atoms with E-state index in [0.29, 0.717) is 9.13 Å². The first kappa shape index (κ1) is 19.1. The van der Waals surface area contributed by atoms with Crippen molar-refractivity contribution in [3.8, 4) is 11.8 Å². The zero-order valence-electron chi connectivity index (χ0n) is 13.9. The molecular weight excluding hydrogens is 442 g/mol. The number of methoxy groups -OCH3 is 1. The molecule has 0 saturated carbocycles. The van der Waals surface area contributed by atoms with Crippen LogP contribution in [0.25, 0.3) is 0 Å². The summed E-state index contributed by atoms with van der Waals surface area (Å²) in [4.78, 5) is 12.4. The van der Waals surface area contributed by atoms with Gasteiger partial charge in [0.2, 0.25) is 5.88 Å². The van der Waals surface area contributed by atoms with Crippen LogP contribution in [0, 0.1) is 20.7 Å². The van der Waals surface area contributed by atoms with E-state index in [4.69, 9.17) is 19.9 Å². The number of carbonyl (C=O) groups is 1. The Balaban J connectivity index is 2.69. The molecule has 1 aliphatic heterocycles. The van der Waals surface area contributed by atoms with Gasteiger partial charge in [-0.05, 0) is 54.1 Å². The fraction of sp³-hybridized carbons (Fsp3) is 0.294. The Bertz CT molecular complexity index is 803. The maximum atomic E-state index is 14.3. The monoisotopic (exact) mass is 458 g/mol. The number of carbonyl (C=O) groups excluding carboxylic acids is 1. The Labute approximate surface area is 158 Å². The number of allylic oxidation sites excluding steroid dienone is 2. The highest BCUT2D eigenvalue weighted by molar-refractivity contribution is 14.1. The van der Waals surface area contributed by atoms with Crippen LogP contribution in [0.5, 0.6) is 5.75 Å². The molecular formula is C17H16FIN2O4. The lowest BCUT2D eigenvalue weighted by molar-refractivity contribution is -0.139. The normalized spacial score (nSPS) is 17.0. The van der Waals surface area contributed by atoms with Crippen molar-refractivity contribution in [3.05, 3.63) is 49.9 Å². The van der Waals surface area contributed by atoms with E-state index < -0.39 is 17.7 Å². The number of rotatable bonds is 4. The van der Waals surface area contributed by atoms with Crippen molar-refractivity contribution in [1.82, 2.24) is 0 Å². The maximum absolute atomic E-state index is 14.3. The Morgan fingerprint density at radius 1 is 1.52 bits per heavy atom. The summed E-state index contributed by atoms with van der Waals surface area (Å²) < 4.78 is 30.2. The molecule has 25 heavy (non-hydrogen) atoms. The highest BCUT2D eigenvalue weighted by Crippen LogP contribution is 2.41. The third-order valence-corrected chi connectivity index (χ3v) is 4.46. The summed E-state index contributed by atoms with van der Waals surface area (Å²) in [6.07, 6.45) is 0. The fourth-order valence-corrected chi connectivity index (χ4v) is 3.47. The highest BCUT2D eigenvalue weighted by Gasteiger charge is 2.37. The van der Waals surface area contributed by atoms with E-state index in [-0.39, 0.29) is 35.1 Å². The van der Waals surface area contributed by atoms with Crippen LogP contribution in [-0.2, 0) is 14.3 Å². The van der Waals surface area contributed by atoms with Crippen molar-refractivity contribution in [2.75, 3.05) is 13.7 Å². The molecule has 0 fully saturated rings. The van der Waals surface area contributed by atoms with Gasteiger partial charge in [-0.2, -0.15) is 5.26 Å². The highest BCUT2D eigenvalue weighted by atomic mass is 127. The van der Waals surface area contributed by atoms with Crippen LogP contribution in [0.2, 0.25) is 0 Å². The minimum atomic E-state index is -0.883. The molecule has 0 aliphatic carbocycles. The summed E-state index contributed by atoms with van der Waals surface area (Å²) in [5.41, 5.74) is 6.33. The fourth-order valence-electron chi connectivity index (χ4n) is 2.63. The third-order valence-electron chi connectivity index (χ3n) is 3.66. The van der Waals surface area contributed by atoms with Gasteiger partial charge < -0.3 is 19.9 Å². The molecule has 2 N–H and O–H groups in total. The Hall–Kier alpha value is -2.28. The van der Waals surface area contributed by atoms with Gasteiger partial charge in [0.25, 0.3) is 0 Å². The van der Waals surface area contributed by atoms with Crippen molar-refractivity contribution in [2.45, 2.75) is 19.8 Å². The number of halogens is 2. The lowest BCUT2D eigenvalue weighted by Gasteiger charge is -2.27. The van der Waals surface area contributed by atoms with Crippen LogP contribution in [0.4, 0.5) is 4.39 Å². The predicted octanol–water partition coefficient (Wildman–Crippen LogP) is 3.08. The van der Waals surface area contributed by atoms with Gasteiger partial charge >= 0.3 is 5.97 Å². The molecule has 0 aromatic heterocycles. The lowest BCUT2D eigenvalue weighted by atomic mass is 9.83. The first-order chi connectivity index (χ1) is 11.8. The molecule has 0 amide bonds. The molecule has 2 rings (SSSR count). The number of nitrogens with two attached hydrogens (primary N) is 1. The molecule has 1 aliphatic rings. The van der Waals surface area contributed by atoms with E-state index in [1.54, 1.807) is 19.9 Å². The molecule has 0 saturated heterocycles. The van der Waals surface area contributed by atoms with Crippen LogP contribution < -0.4 is 10.5 Å². The van der Waals surface area contributed by atoms with Gasteiger partial charge in [-0.3, -0.25) is 0 Å². The molecule has 132 valence electrons. The molecule has 0 spiro atoms. The minimum absolute atomic E-state index is 0.0222. The van der Waals surface area contributed by atoms with Gasteiger partial charge in [0.1, 0.15) is 17.4 Å². The number of benzene rings is 1. The largest absolute Gasteiger partial charge is 0.493 e. The van der Waals surface area contributed by atoms with Crippen molar-refractivity contribution < 1.29 is 23.4 Å². The average molecular weight is 458 g/mol. The van der Waals surface area contributed by atoms with E-state index in [9.17, 15) is 14.4 Å². The summed E-state index contributed by atoms with van der Waals surface area (Å²) in [7, 11) is 1.36. The van der Waals surface area contributed by atoms with Gasteiger partial charge in [0.05, 0.1) is 28.8 Å². The Morgan fingerprint density at radius 2 is 2.20 bits per heavy atom. The standard InChI is InChI=1S/C17H16FIN2O4/c1-4-24-17(22)13-8(2)25-16(21)10(7-20)14(13)9-5-11(18)15(23-3)12(19)6-9/h5-6,14H,4,21H2,1-3H3. The molecule has 1 unspecified atom stereocenters.